The quantitative estimate of drug-likeness (QED) is 0.546. The van der Waals surface area contributed by atoms with Crippen LogP contribution in [0.5, 0.6) is 11.5 Å². The summed E-state index contributed by atoms with van der Waals surface area (Å²) in [6, 6.07) is 8.63. The van der Waals surface area contributed by atoms with E-state index in [0.29, 0.717) is 25.7 Å². The van der Waals surface area contributed by atoms with Crippen LogP contribution in [-0.2, 0) is 4.79 Å². The fourth-order valence-electron chi connectivity index (χ4n) is 4.64. The molecular weight excluding hydrogens is 454 g/mol. The van der Waals surface area contributed by atoms with Crippen molar-refractivity contribution < 1.29 is 36.6 Å². The van der Waals surface area contributed by atoms with Gasteiger partial charge in [-0.1, -0.05) is 11.6 Å². The molecule has 0 radical (unpaired) electrons. The first-order valence-electron chi connectivity index (χ1n) is 9.75. The standard InChI is InChI=1S/C22H18ClF4NO4/c23-17-6-5-16(7-18(17)24)31-9-14(29)8-20-10-21(11-20,12-20)28-19(30)13-1-3-15(4-2-13)32-22(25,26)27/h1-7H,8-12H2,(H,28,30). The number of hydrogen-bond acceptors (Lipinski definition) is 4. The van der Waals surface area contributed by atoms with Gasteiger partial charge in [-0.25, -0.2) is 4.39 Å². The van der Waals surface area contributed by atoms with Gasteiger partial charge in [0.15, 0.2) is 5.78 Å². The monoisotopic (exact) mass is 471 g/mol. The van der Waals surface area contributed by atoms with E-state index >= 15 is 0 Å². The molecule has 0 heterocycles. The van der Waals surface area contributed by atoms with Crippen LogP contribution < -0.4 is 14.8 Å². The molecular formula is C22H18ClF4NO4. The zero-order valence-electron chi connectivity index (χ0n) is 16.6. The number of rotatable bonds is 8. The van der Waals surface area contributed by atoms with E-state index < -0.39 is 29.4 Å². The van der Waals surface area contributed by atoms with Crippen LogP contribution in [0.2, 0.25) is 5.02 Å². The highest BCUT2D eigenvalue weighted by molar-refractivity contribution is 6.30. The smallest absolute Gasteiger partial charge is 0.486 e. The van der Waals surface area contributed by atoms with Gasteiger partial charge < -0.3 is 14.8 Å². The molecule has 170 valence electrons. The SMILES string of the molecule is O=C(COc1ccc(Cl)c(F)c1)CC12CC(NC(=O)c3ccc(OC(F)(F)F)cc3)(C1)C2. The van der Waals surface area contributed by atoms with Gasteiger partial charge in [-0.15, -0.1) is 13.2 Å². The van der Waals surface area contributed by atoms with E-state index in [2.05, 4.69) is 10.1 Å². The van der Waals surface area contributed by atoms with E-state index in [1.54, 1.807) is 0 Å². The Morgan fingerprint density at radius 2 is 1.66 bits per heavy atom. The molecule has 0 unspecified atom stereocenters. The molecule has 32 heavy (non-hydrogen) atoms. The topological polar surface area (TPSA) is 64.6 Å². The van der Waals surface area contributed by atoms with Crippen LogP contribution in [0.4, 0.5) is 17.6 Å². The van der Waals surface area contributed by atoms with Gasteiger partial charge in [0, 0.05) is 23.6 Å². The normalized spacial score (nSPS) is 23.5. The number of carbonyl (C=O) groups is 2. The van der Waals surface area contributed by atoms with Crippen molar-refractivity contribution in [2.45, 2.75) is 37.6 Å². The number of hydrogen-bond donors (Lipinski definition) is 1. The van der Waals surface area contributed by atoms with Crippen LogP contribution >= 0.6 is 11.6 Å². The van der Waals surface area contributed by atoms with Crippen molar-refractivity contribution in [3.63, 3.8) is 0 Å². The van der Waals surface area contributed by atoms with E-state index in [4.69, 9.17) is 16.3 Å². The first kappa shape index (κ1) is 22.4. The van der Waals surface area contributed by atoms with E-state index in [-0.39, 0.29) is 34.1 Å². The van der Waals surface area contributed by atoms with Crippen LogP contribution in [0.1, 0.15) is 36.0 Å². The third kappa shape index (κ3) is 4.82. The number of Topliss-reactive ketones (excluding diaryl/α,β-unsaturated/α-hetero) is 1. The molecule has 5 nitrogen and oxygen atoms in total. The van der Waals surface area contributed by atoms with Crippen molar-refractivity contribution in [1.29, 1.82) is 0 Å². The van der Waals surface area contributed by atoms with Crippen LogP contribution in [0.15, 0.2) is 42.5 Å². The van der Waals surface area contributed by atoms with Crippen LogP contribution in [-0.4, -0.2) is 30.2 Å². The Labute approximate surface area is 185 Å². The van der Waals surface area contributed by atoms with Crippen molar-refractivity contribution in [3.05, 3.63) is 58.9 Å². The van der Waals surface area contributed by atoms with Gasteiger partial charge in [0.2, 0.25) is 0 Å². The molecule has 1 N–H and O–H groups in total. The summed E-state index contributed by atoms with van der Waals surface area (Å²) < 4.78 is 59.2. The van der Waals surface area contributed by atoms with Gasteiger partial charge in [0.25, 0.3) is 5.91 Å². The summed E-state index contributed by atoms with van der Waals surface area (Å²) in [4.78, 5) is 24.7. The van der Waals surface area contributed by atoms with E-state index in [1.807, 2.05) is 0 Å². The molecule has 0 spiro atoms. The summed E-state index contributed by atoms with van der Waals surface area (Å²) in [5, 5.41) is 2.88. The van der Waals surface area contributed by atoms with Crippen LogP contribution in [0, 0.1) is 11.2 Å². The number of ketones is 1. The van der Waals surface area contributed by atoms with Crippen LogP contribution in [0.25, 0.3) is 0 Å². The van der Waals surface area contributed by atoms with Crippen LogP contribution in [0.3, 0.4) is 0 Å². The van der Waals surface area contributed by atoms with Crippen molar-refractivity contribution in [2.24, 2.45) is 5.41 Å². The van der Waals surface area contributed by atoms with Gasteiger partial charge in [-0.3, -0.25) is 9.59 Å². The Kier molecular flexibility index (Phi) is 5.56. The lowest BCUT2D eigenvalue weighted by Crippen LogP contribution is -2.75. The van der Waals surface area contributed by atoms with Gasteiger partial charge in [0.05, 0.1) is 5.02 Å². The molecule has 3 saturated carbocycles. The average Bonchev–Trinajstić information content (AvgIpc) is 2.65. The summed E-state index contributed by atoms with van der Waals surface area (Å²) in [6.07, 6.45) is -2.57. The summed E-state index contributed by atoms with van der Waals surface area (Å²) in [5.74, 6) is -1.33. The van der Waals surface area contributed by atoms with Gasteiger partial charge in [-0.2, -0.15) is 0 Å². The Hall–Kier alpha value is -2.81. The molecule has 2 aromatic rings. The second-order valence-electron chi connectivity index (χ2n) is 8.42. The molecule has 0 atom stereocenters. The highest BCUT2D eigenvalue weighted by atomic mass is 35.5. The molecule has 3 aliphatic carbocycles. The molecule has 0 saturated heterocycles. The Morgan fingerprint density at radius 1 is 1.03 bits per heavy atom. The fraction of sp³-hybridized carbons (Fsp3) is 0.364. The average molecular weight is 472 g/mol. The maximum atomic E-state index is 13.4. The number of carbonyl (C=O) groups excluding carboxylic acids is 2. The predicted octanol–water partition coefficient (Wildman–Crippen LogP) is 5.07. The summed E-state index contributed by atoms with van der Waals surface area (Å²) >= 11 is 5.61. The second-order valence-corrected chi connectivity index (χ2v) is 8.82. The summed E-state index contributed by atoms with van der Waals surface area (Å²) in [7, 11) is 0. The number of nitrogens with one attached hydrogen (secondary N) is 1. The number of ether oxygens (including phenoxy) is 2. The minimum absolute atomic E-state index is 0.0320. The lowest BCUT2D eigenvalue weighted by molar-refractivity contribution is -0.274. The Bertz CT molecular complexity index is 1040. The lowest BCUT2D eigenvalue weighted by atomic mass is 9.38. The summed E-state index contributed by atoms with van der Waals surface area (Å²) in [5.41, 5.74) is -0.347. The number of benzene rings is 2. The van der Waals surface area contributed by atoms with E-state index in [1.165, 1.54) is 24.3 Å². The maximum absolute atomic E-state index is 13.4. The van der Waals surface area contributed by atoms with Gasteiger partial charge in [0.1, 0.15) is 23.9 Å². The largest absolute Gasteiger partial charge is 0.573 e. The maximum Gasteiger partial charge on any atom is 0.573 e. The minimum Gasteiger partial charge on any atom is -0.486 e. The third-order valence-corrected chi connectivity index (χ3v) is 6.04. The van der Waals surface area contributed by atoms with Gasteiger partial charge >= 0.3 is 6.36 Å². The third-order valence-electron chi connectivity index (χ3n) is 5.73. The lowest BCUT2D eigenvalue weighted by Gasteiger charge is -2.70. The zero-order chi connectivity index (χ0) is 23.1. The Morgan fingerprint density at radius 3 is 2.25 bits per heavy atom. The minimum atomic E-state index is -4.79. The summed E-state index contributed by atoms with van der Waals surface area (Å²) in [6.45, 7) is -0.186. The molecule has 2 bridgehead atoms. The molecule has 1 amide bonds. The first-order chi connectivity index (χ1) is 15.0. The molecule has 5 rings (SSSR count). The molecule has 3 fully saturated rings. The number of amides is 1. The molecule has 2 aromatic carbocycles. The Balaban J connectivity index is 1.22. The zero-order valence-corrected chi connectivity index (χ0v) is 17.4. The predicted molar refractivity (Wildman–Crippen MR) is 106 cm³/mol. The fourth-order valence-corrected chi connectivity index (χ4v) is 4.76. The van der Waals surface area contributed by atoms with Crippen molar-refractivity contribution in [3.8, 4) is 11.5 Å². The van der Waals surface area contributed by atoms with E-state index in [9.17, 15) is 27.2 Å². The number of alkyl halides is 3. The number of halogens is 5. The van der Waals surface area contributed by atoms with E-state index in [0.717, 1.165) is 18.2 Å². The molecule has 0 aliphatic heterocycles. The highest BCUT2D eigenvalue weighted by Gasteiger charge is 2.68. The molecule has 10 heteroatoms. The first-order valence-corrected chi connectivity index (χ1v) is 10.1. The second kappa shape index (κ2) is 7.95. The molecule has 0 aromatic heterocycles. The van der Waals surface area contributed by atoms with Crippen molar-refractivity contribution >= 4 is 23.3 Å². The van der Waals surface area contributed by atoms with Crippen molar-refractivity contribution in [1.82, 2.24) is 5.32 Å². The molecule has 3 aliphatic rings. The van der Waals surface area contributed by atoms with Crippen molar-refractivity contribution in [2.75, 3.05) is 6.61 Å². The highest BCUT2D eigenvalue weighted by Crippen LogP contribution is 2.69. The van der Waals surface area contributed by atoms with Gasteiger partial charge in [-0.05, 0) is 61.1 Å².